The van der Waals surface area contributed by atoms with Crippen LogP contribution in [0.5, 0.6) is 0 Å². The lowest BCUT2D eigenvalue weighted by atomic mass is 10.0. The van der Waals surface area contributed by atoms with Gasteiger partial charge in [-0.2, -0.15) is 0 Å². The van der Waals surface area contributed by atoms with Crippen LogP contribution < -0.4 is 0 Å². The van der Waals surface area contributed by atoms with Gasteiger partial charge in [0.25, 0.3) is 0 Å². The molecule has 0 spiro atoms. The molecule has 1 aromatic rings. The van der Waals surface area contributed by atoms with Crippen LogP contribution >= 0.6 is 0 Å². The fourth-order valence-electron chi connectivity index (χ4n) is 2.13. The molecule has 1 aliphatic heterocycles. The zero-order chi connectivity index (χ0) is 12.8. The number of piperidine rings is 1. The minimum Gasteiger partial charge on any atom is -0.445 e. The number of hydrogen-bond acceptors (Lipinski definition) is 2. The van der Waals surface area contributed by atoms with Crippen molar-refractivity contribution in [3.05, 3.63) is 35.9 Å². The van der Waals surface area contributed by atoms with Crippen molar-refractivity contribution in [3.8, 4) is 12.3 Å². The van der Waals surface area contributed by atoms with Gasteiger partial charge in [0.15, 0.2) is 0 Å². The summed E-state index contributed by atoms with van der Waals surface area (Å²) in [6.07, 6.45) is 8.09. The first-order valence-electron chi connectivity index (χ1n) is 6.24. The monoisotopic (exact) mass is 243 g/mol. The van der Waals surface area contributed by atoms with Gasteiger partial charge >= 0.3 is 6.09 Å². The maximum absolute atomic E-state index is 11.9. The molecule has 1 amide bonds. The van der Waals surface area contributed by atoms with E-state index in [1.165, 1.54) is 0 Å². The highest BCUT2D eigenvalue weighted by molar-refractivity contribution is 5.68. The van der Waals surface area contributed by atoms with E-state index in [0.29, 0.717) is 13.2 Å². The van der Waals surface area contributed by atoms with Gasteiger partial charge in [-0.1, -0.05) is 36.3 Å². The largest absolute Gasteiger partial charge is 0.445 e. The van der Waals surface area contributed by atoms with E-state index in [1.807, 2.05) is 30.3 Å². The number of carbonyl (C=O) groups is 1. The van der Waals surface area contributed by atoms with Gasteiger partial charge in [0.2, 0.25) is 0 Å². The summed E-state index contributed by atoms with van der Waals surface area (Å²) >= 11 is 0. The zero-order valence-electron chi connectivity index (χ0n) is 10.3. The lowest BCUT2D eigenvalue weighted by Crippen LogP contribution is -2.43. The van der Waals surface area contributed by atoms with Crippen LogP contribution in [-0.2, 0) is 11.3 Å². The summed E-state index contributed by atoms with van der Waals surface area (Å²) in [7, 11) is 0. The number of amides is 1. The van der Waals surface area contributed by atoms with Crippen molar-refractivity contribution in [2.24, 2.45) is 0 Å². The molecule has 0 bridgehead atoms. The molecule has 1 atom stereocenters. The predicted molar refractivity (Wildman–Crippen MR) is 69.8 cm³/mol. The van der Waals surface area contributed by atoms with Gasteiger partial charge in [0, 0.05) is 6.54 Å². The maximum atomic E-state index is 11.9. The maximum Gasteiger partial charge on any atom is 0.411 e. The van der Waals surface area contributed by atoms with Crippen molar-refractivity contribution < 1.29 is 9.53 Å². The van der Waals surface area contributed by atoms with Gasteiger partial charge in [0.05, 0.1) is 6.04 Å². The van der Waals surface area contributed by atoms with E-state index < -0.39 is 0 Å². The van der Waals surface area contributed by atoms with Crippen LogP contribution in [0.2, 0.25) is 0 Å². The van der Waals surface area contributed by atoms with Crippen molar-refractivity contribution >= 4 is 6.09 Å². The summed E-state index contributed by atoms with van der Waals surface area (Å²) in [6, 6.07) is 9.54. The topological polar surface area (TPSA) is 29.5 Å². The van der Waals surface area contributed by atoms with Crippen LogP contribution in [0.3, 0.4) is 0 Å². The van der Waals surface area contributed by atoms with Gasteiger partial charge in [-0.25, -0.2) is 4.79 Å². The molecule has 0 saturated carbocycles. The molecule has 1 aliphatic rings. The number of nitrogens with zero attached hydrogens (tertiary/aromatic N) is 1. The Morgan fingerprint density at radius 2 is 2.17 bits per heavy atom. The first-order valence-corrected chi connectivity index (χ1v) is 6.24. The molecule has 94 valence electrons. The van der Waals surface area contributed by atoms with Gasteiger partial charge in [0.1, 0.15) is 6.61 Å². The highest BCUT2D eigenvalue weighted by Gasteiger charge is 2.26. The minimum atomic E-state index is -0.304. The van der Waals surface area contributed by atoms with E-state index in [0.717, 1.165) is 24.8 Å². The Morgan fingerprint density at radius 3 is 2.89 bits per heavy atom. The molecule has 3 nitrogen and oxygen atoms in total. The predicted octanol–water partition coefficient (Wildman–Crippen LogP) is 2.81. The first kappa shape index (κ1) is 12.5. The second kappa shape index (κ2) is 6.11. The number of carbonyl (C=O) groups excluding carboxylic acids is 1. The van der Waals surface area contributed by atoms with Crippen molar-refractivity contribution in [2.75, 3.05) is 6.54 Å². The molecule has 1 unspecified atom stereocenters. The Kier molecular flexibility index (Phi) is 4.25. The standard InChI is InChI=1S/C15H17NO2/c1-2-14-10-6-7-11-16(14)15(17)18-12-13-8-4-3-5-9-13/h1,3-5,8-9,14H,6-7,10-12H2. The van der Waals surface area contributed by atoms with Crippen LogP contribution in [0.25, 0.3) is 0 Å². The fraction of sp³-hybridized carbons (Fsp3) is 0.400. The average Bonchev–Trinajstić information content (AvgIpc) is 2.45. The lowest BCUT2D eigenvalue weighted by molar-refractivity contribution is 0.0792. The number of likely N-dealkylation sites (tertiary alicyclic amines) is 1. The Morgan fingerprint density at radius 1 is 1.39 bits per heavy atom. The van der Waals surface area contributed by atoms with Crippen molar-refractivity contribution in [3.63, 3.8) is 0 Å². The highest BCUT2D eigenvalue weighted by atomic mass is 16.6. The molecular weight excluding hydrogens is 226 g/mol. The Balaban J connectivity index is 1.89. The summed E-state index contributed by atoms with van der Waals surface area (Å²) in [6.45, 7) is 0.996. The third kappa shape index (κ3) is 3.04. The van der Waals surface area contributed by atoms with E-state index >= 15 is 0 Å². The zero-order valence-corrected chi connectivity index (χ0v) is 10.3. The average molecular weight is 243 g/mol. The molecule has 2 rings (SSSR count). The van der Waals surface area contributed by atoms with E-state index in [-0.39, 0.29) is 12.1 Å². The van der Waals surface area contributed by atoms with E-state index in [9.17, 15) is 4.79 Å². The van der Waals surface area contributed by atoms with Crippen LogP contribution in [0.4, 0.5) is 4.79 Å². The van der Waals surface area contributed by atoms with Gasteiger partial charge in [-0.05, 0) is 24.8 Å². The smallest absolute Gasteiger partial charge is 0.411 e. The summed E-state index contributed by atoms with van der Waals surface area (Å²) < 4.78 is 5.29. The SMILES string of the molecule is C#CC1CCCCN1C(=O)OCc1ccccc1. The Labute approximate surface area is 108 Å². The van der Waals surface area contributed by atoms with Gasteiger partial charge < -0.3 is 4.74 Å². The summed E-state index contributed by atoms with van der Waals surface area (Å²) in [4.78, 5) is 13.6. The summed E-state index contributed by atoms with van der Waals surface area (Å²) in [5, 5.41) is 0. The highest BCUT2D eigenvalue weighted by Crippen LogP contribution is 2.17. The van der Waals surface area contributed by atoms with E-state index in [4.69, 9.17) is 11.2 Å². The van der Waals surface area contributed by atoms with Gasteiger partial charge in [-0.3, -0.25) is 4.90 Å². The normalized spacial score (nSPS) is 19.1. The van der Waals surface area contributed by atoms with Crippen LogP contribution in [0, 0.1) is 12.3 Å². The molecule has 3 heteroatoms. The lowest BCUT2D eigenvalue weighted by Gasteiger charge is -2.31. The van der Waals surface area contributed by atoms with Gasteiger partial charge in [-0.15, -0.1) is 6.42 Å². The van der Waals surface area contributed by atoms with Crippen molar-refractivity contribution in [1.29, 1.82) is 0 Å². The summed E-state index contributed by atoms with van der Waals surface area (Å²) in [5.74, 6) is 2.66. The fourth-order valence-corrected chi connectivity index (χ4v) is 2.13. The third-order valence-electron chi connectivity index (χ3n) is 3.13. The molecule has 0 N–H and O–H groups in total. The third-order valence-corrected chi connectivity index (χ3v) is 3.13. The molecule has 0 aromatic heterocycles. The Bertz CT molecular complexity index is 436. The molecule has 0 aliphatic carbocycles. The van der Waals surface area contributed by atoms with Crippen LogP contribution in [0.15, 0.2) is 30.3 Å². The first-order chi connectivity index (χ1) is 8.81. The van der Waals surface area contributed by atoms with Crippen molar-refractivity contribution in [1.82, 2.24) is 4.90 Å². The minimum absolute atomic E-state index is 0.109. The van der Waals surface area contributed by atoms with Crippen LogP contribution in [-0.4, -0.2) is 23.6 Å². The van der Waals surface area contributed by atoms with E-state index in [1.54, 1.807) is 4.90 Å². The second-order valence-electron chi connectivity index (χ2n) is 4.41. The molecule has 1 saturated heterocycles. The number of rotatable bonds is 2. The summed E-state index contributed by atoms with van der Waals surface area (Å²) in [5.41, 5.74) is 0.986. The quantitative estimate of drug-likeness (QED) is 0.747. The molecular formula is C15H17NO2. The molecule has 18 heavy (non-hydrogen) atoms. The van der Waals surface area contributed by atoms with E-state index in [2.05, 4.69) is 5.92 Å². The number of benzene rings is 1. The Hall–Kier alpha value is -1.95. The van der Waals surface area contributed by atoms with Crippen LogP contribution in [0.1, 0.15) is 24.8 Å². The molecule has 0 radical (unpaired) electrons. The molecule has 1 heterocycles. The number of hydrogen-bond donors (Lipinski definition) is 0. The second-order valence-corrected chi connectivity index (χ2v) is 4.41. The van der Waals surface area contributed by atoms with Crippen molar-refractivity contribution in [2.45, 2.75) is 31.9 Å². The molecule has 1 aromatic carbocycles. The number of terminal acetylenes is 1. The molecule has 1 fully saturated rings. The number of ether oxygens (including phenoxy) is 1.